The van der Waals surface area contributed by atoms with Crippen molar-refractivity contribution in [2.24, 2.45) is 0 Å². The fraction of sp³-hybridized carbons (Fsp3) is 0.263. The Kier molecular flexibility index (Phi) is 4.01. The first-order valence-electron chi connectivity index (χ1n) is 7.84. The highest BCUT2D eigenvalue weighted by Crippen LogP contribution is 2.27. The van der Waals surface area contributed by atoms with Crippen molar-refractivity contribution in [1.82, 2.24) is 10.2 Å². The summed E-state index contributed by atoms with van der Waals surface area (Å²) in [6, 6.07) is 17.1. The number of amides is 2. The van der Waals surface area contributed by atoms with Crippen molar-refractivity contribution in [2.75, 3.05) is 0 Å². The molecule has 1 heterocycles. The highest BCUT2D eigenvalue weighted by molar-refractivity contribution is 5.93. The van der Waals surface area contributed by atoms with Crippen LogP contribution in [0.2, 0.25) is 0 Å². The summed E-state index contributed by atoms with van der Waals surface area (Å²) < 4.78 is 0. The Morgan fingerprint density at radius 2 is 1.67 bits per heavy atom. The minimum Gasteiger partial charge on any atom is -0.465 e. The van der Waals surface area contributed by atoms with Crippen LogP contribution in [0, 0.1) is 0 Å². The zero-order valence-corrected chi connectivity index (χ0v) is 13.7. The molecule has 0 saturated carbocycles. The number of rotatable bonds is 4. The van der Waals surface area contributed by atoms with Crippen molar-refractivity contribution in [3.8, 4) is 11.1 Å². The van der Waals surface area contributed by atoms with E-state index >= 15 is 0 Å². The van der Waals surface area contributed by atoms with Crippen LogP contribution in [-0.2, 0) is 11.3 Å². The average molecular weight is 324 g/mol. The molecule has 3 rings (SSSR count). The molecule has 0 aromatic heterocycles. The molecular weight excluding hydrogens is 304 g/mol. The van der Waals surface area contributed by atoms with Gasteiger partial charge in [0.1, 0.15) is 6.04 Å². The number of β-lactam (4-membered cyclic amide) rings is 1. The monoisotopic (exact) mass is 324 g/mol. The summed E-state index contributed by atoms with van der Waals surface area (Å²) in [7, 11) is 0. The van der Waals surface area contributed by atoms with Gasteiger partial charge in [-0.05, 0) is 30.5 Å². The third-order valence-electron chi connectivity index (χ3n) is 4.35. The Morgan fingerprint density at radius 1 is 1.08 bits per heavy atom. The first-order valence-corrected chi connectivity index (χ1v) is 7.84. The Balaban J connectivity index is 1.79. The molecule has 24 heavy (non-hydrogen) atoms. The minimum absolute atomic E-state index is 0.186. The molecule has 2 aromatic carbocycles. The van der Waals surface area contributed by atoms with E-state index in [1.807, 2.05) is 68.4 Å². The first kappa shape index (κ1) is 16.1. The number of carboxylic acid groups (broad SMARTS) is 1. The summed E-state index contributed by atoms with van der Waals surface area (Å²) in [5.41, 5.74) is 2.49. The zero-order valence-electron chi connectivity index (χ0n) is 13.7. The highest BCUT2D eigenvalue weighted by Gasteiger charge is 2.51. The lowest BCUT2D eigenvalue weighted by atomic mass is 9.84. The van der Waals surface area contributed by atoms with Crippen molar-refractivity contribution in [3.05, 3.63) is 60.2 Å². The molecule has 124 valence electrons. The van der Waals surface area contributed by atoms with E-state index in [1.54, 1.807) is 0 Å². The lowest BCUT2D eigenvalue weighted by Crippen LogP contribution is -2.75. The Morgan fingerprint density at radius 3 is 2.17 bits per heavy atom. The van der Waals surface area contributed by atoms with Crippen LogP contribution >= 0.6 is 0 Å². The molecule has 0 aliphatic carbocycles. The van der Waals surface area contributed by atoms with Gasteiger partial charge < -0.3 is 10.4 Å². The second kappa shape index (κ2) is 6.00. The van der Waals surface area contributed by atoms with Gasteiger partial charge in [0.25, 0.3) is 0 Å². The summed E-state index contributed by atoms with van der Waals surface area (Å²) in [5.74, 6) is -0.247. The SMILES string of the molecule is CC1(C)NC(=O)[C@H]1N(Cc1ccc(-c2ccccc2)cc1)C(=O)O. The minimum atomic E-state index is -1.09. The smallest absolute Gasteiger partial charge is 0.408 e. The van der Waals surface area contributed by atoms with Gasteiger partial charge in [0, 0.05) is 6.54 Å². The Bertz CT molecular complexity index is 754. The van der Waals surface area contributed by atoms with Gasteiger partial charge in [0.05, 0.1) is 5.54 Å². The number of hydrogen-bond acceptors (Lipinski definition) is 2. The van der Waals surface area contributed by atoms with Gasteiger partial charge in [-0.2, -0.15) is 0 Å². The standard InChI is InChI=1S/C19H20N2O3/c1-19(2)16(17(22)20-19)21(18(23)24)12-13-8-10-15(11-9-13)14-6-4-3-5-7-14/h3-11,16H,12H2,1-2H3,(H,20,22)(H,23,24)/t16-/m1/s1. The van der Waals surface area contributed by atoms with Crippen LogP contribution in [-0.4, -0.2) is 33.6 Å². The molecular formula is C19H20N2O3. The number of carbonyl (C=O) groups excluding carboxylic acids is 1. The maximum atomic E-state index is 11.8. The molecule has 1 atom stereocenters. The summed E-state index contributed by atoms with van der Waals surface area (Å²) >= 11 is 0. The van der Waals surface area contributed by atoms with Crippen LogP contribution in [0.4, 0.5) is 4.79 Å². The first-order chi connectivity index (χ1) is 11.4. The third-order valence-corrected chi connectivity index (χ3v) is 4.35. The third kappa shape index (κ3) is 2.97. The molecule has 1 aliphatic rings. The molecule has 1 saturated heterocycles. The topological polar surface area (TPSA) is 69.6 Å². The molecule has 0 spiro atoms. The van der Waals surface area contributed by atoms with Crippen molar-refractivity contribution in [2.45, 2.75) is 32.0 Å². The highest BCUT2D eigenvalue weighted by atomic mass is 16.4. The molecule has 2 N–H and O–H groups in total. The lowest BCUT2D eigenvalue weighted by Gasteiger charge is -2.48. The van der Waals surface area contributed by atoms with E-state index < -0.39 is 17.7 Å². The van der Waals surface area contributed by atoms with Crippen molar-refractivity contribution < 1.29 is 14.7 Å². The van der Waals surface area contributed by atoms with Crippen LogP contribution in [0.3, 0.4) is 0 Å². The van der Waals surface area contributed by atoms with Gasteiger partial charge in [-0.15, -0.1) is 0 Å². The maximum absolute atomic E-state index is 11.8. The zero-order chi connectivity index (χ0) is 17.3. The van der Waals surface area contributed by atoms with E-state index in [1.165, 1.54) is 4.90 Å². The Labute approximate surface area is 140 Å². The van der Waals surface area contributed by atoms with Crippen LogP contribution < -0.4 is 5.32 Å². The van der Waals surface area contributed by atoms with Gasteiger partial charge in [-0.3, -0.25) is 9.69 Å². The van der Waals surface area contributed by atoms with E-state index in [2.05, 4.69) is 5.32 Å². The van der Waals surface area contributed by atoms with E-state index in [0.29, 0.717) is 0 Å². The van der Waals surface area contributed by atoms with Crippen molar-refractivity contribution in [1.29, 1.82) is 0 Å². The molecule has 1 aliphatic heterocycles. The van der Waals surface area contributed by atoms with Gasteiger partial charge in [-0.1, -0.05) is 54.6 Å². The van der Waals surface area contributed by atoms with Gasteiger partial charge in [-0.25, -0.2) is 4.79 Å². The van der Waals surface area contributed by atoms with E-state index in [4.69, 9.17) is 0 Å². The summed E-state index contributed by atoms with van der Waals surface area (Å²) in [6.45, 7) is 3.84. The predicted octanol–water partition coefficient (Wildman–Crippen LogP) is 3.11. The summed E-state index contributed by atoms with van der Waals surface area (Å²) in [5, 5.41) is 12.2. The van der Waals surface area contributed by atoms with Gasteiger partial charge in [0.2, 0.25) is 5.91 Å². The van der Waals surface area contributed by atoms with Crippen LogP contribution in [0.25, 0.3) is 11.1 Å². The molecule has 5 heteroatoms. The molecule has 2 amide bonds. The average Bonchev–Trinajstić information content (AvgIpc) is 2.55. The normalized spacial score (nSPS) is 18.4. The van der Waals surface area contributed by atoms with Crippen molar-refractivity contribution >= 4 is 12.0 Å². The number of benzene rings is 2. The van der Waals surface area contributed by atoms with E-state index in [0.717, 1.165) is 16.7 Å². The lowest BCUT2D eigenvalue weighted by molar-refractivity contribution is -0.141. The van der Waals surface area contributed by atoms with Crippen LogP contribution in [0.15, 0.2) is 54.6 Å². The van der Waals surface area contributed by atoms with Gasteiger partial charge in [0.15, 0.2) is 0 Å². The summed E-state index contributed by atoms with van der Waals surface area (Å²) in [4.78, 5) is 24.6. The quantitative estimate of drug-likeness (QED) is 0.849. The number of hydrogen-bond donors (Lipinski definition) is 2. The predicted molar refractivity (Wildman–Crippen MR) is 91.5 cm³/mol. The molecule has 1 fully saturated rings. The molecule has 0 radical (unpaired) electrons. The van der Waals surface area contributed by atoms with Crippen LogP contribution in [0.5, 0.6) is 0 Å². The second-order valence-electron chi connectivity index (χ2n) is 6.59. The number of nitrogens with zero attached hydrogens (tertiary/aromatic N) is 1. The maximum Gasteiger partial charge on any atom is 0.408 e. The van der Waals surface area contributed by atoms with Gasteiger partial charge >= 0.3 is 6.09 Å². The fourth-order valence-corrected chi connectivity index (χ4v) is 3.13. The largest absolute Gasteiger partial charge is 0.465 e. The van der Waals surface area contributed by atoms with E-state index in [9.17, 15) is 14.7 Å². The number of carbonyl (C=O) groups is 2. The Hall–Kier alpha value is -2.82. The fourth-order valence-electron chi connectivity index (χ4n) is 3.13. The van der Waals surface area contributed by atoms with Crippen LogP contribution in [0.1, 0.15) is 19.4 Å². The summed E-state index contributed by atoms with van der Waals surface area (Å²) in [6.07, 6.45) is -1.09. The second-order valence-corrected chi connectivity index (χ2v) is 6.59. The molecule has 0 unspecified atom stereocenters. The van der Waals surface area contributed by atoms with Crippen molar-refractivity contribution in [3.63, 3.8) is 0 Å². The molecule has 5 nitrogen and oxygen atoms in total. The molecule has 2 aromatic rings. The van der Waals surface area contributed by atoms with E-state index in [-0.39, 0.29) is 12.5 Å². The molecule has 0 bridgehead atoms. The number of nitrogens with one attached hydrogen (secondary N) is 1.